The average Bonchev–Trinajstić information content (AvgIpc) is 2.59. The van der Waals surface area contributed by atoms with Crippen LogP contribution in [0.3, 0.4) is 0 Å². The lowest BCUT2D eigenvalue weighted by atomic mass is 10.1. The molecule has 2 rings (SSSR count). The fraction of sp³-hybridized carbons (Fsp3) is 0.167. The number of alkyl carbamates (subject to hydrolysis) is 1. The van der Waals surface area contributed by atoms with Crippen LogP contribution in [0.4, 0.5) is 18.0 Å². The molecule has 2 aromatic rings. The van der Waals surface area contributed by atoms with Gasteiger partial charge >= 0.3 is 12.7 Å². The van der Waals surface area contributed by atoms with Gasteiger partial charge in [-0.15, -0.1) is 0 Å². The number of amides is 1. The van der Waals surface area contributed by atoms with E-state index in [0.29, 0.717) is 0 Å². The third-order valence-corrected chi connectivity index (χ3v) is 3.09. The van der Waals surface area contributed by atoms with Gasteiger partial charge in [-0.05, 0) is 17.7 Å². The lowest BCUT2D eigenvalue weighted by Gasteiger charge is -2.08. The normalized spacial score (nSPS) is 10.9. The Labute approximate surface area is 142 Å². The molecule has 0 heterocycles. The summed E-state index contributed by atoms with van der Waals surface area (Å²) in [4.78, 5) is 11.5. The highest BCUT2D eigenvalue weighted by atomic mass is 19.3. The van der Waals surface area contributed by atoms with Crippen molar-refractivity contribution in [3.8, 4) is 5.75 Å². The van der Waals surface area contributed by atoms with Gasteiger partial charge in [-0.1, -0.05) is 48.6 Å². The molecular weight excluding hydrogens is 335 g/mol. The number of benzene rings is 2. The quantitative estimate of drug-likeness (QED) is 0.806. The zero-order valence-electron chi connectivity index (χ0n) is 13.1. The van der Waals surface area contributed by atoms with Crippen molar-refractivity contribution in [2.75, 3.05) is 6.54 Å². The summed E-state index contributed by atoms with van der Waals surface area (Å²) in [5, 5.41) is 2.44. The minimum atomic E-state index is -3.06. The largest absolute Gasteiger partial charge is 0.445 e. The Morgan fingerprint density at radius 2 is 1.88 bits per heavy atom. The van der Waals surface area contributed by atoms with Crippen LogP contribution in [0.15, 0.2) is 54.6 Å². The Hall–Kier alpha value is -2.96. The van der Waals surface area contributed by atoms with E-state index in [2.05, 4.69) is 10.1 Å². The number of carbonyl (C=O) groups excluding carboxylic acids is 1. The van der Waals surface area contributed by atoms with Gasteiger partial charge in [0.2, 0.25) is 0 Å². The van der Waals surface area contributed by atoms with E-state index in [1.54, 1.807) is 0 Å². The highest BCUT2D eigenvalue weighted by Gasteiger charge is 2.11. The average molecular weight is 351 g/mol. The van der Waals surface area contributed by atoms with Gasteiger partial charge in [0.25, 0.3) is 0 Å². The standard InChI is InChI=1S/C18H16F3NO3/c19-15-9-4-10-16(25-17(20)21)14(15)8-5-11-22-18(23)24-12-13-6-2-1-3-7-13/h1-10,17H,11-12H2,(H,22,23). The third-order valence-electron chi connectivity index (χ3n) is 3.09. The highest BCUT2D eigenvalue weighted by molar-refractivity contribution is 5.67. The molecular formula is C18H16F3NO3. The van der Waals surface area contributed by atoms with Crippen LogP contribution in [0.25, 0.3) is 6.08 Å². The van der Waals surface area contributed by atoms with E-state index >= 15 is 0 Å². The predicted octanol–water partition coefficient (Wildman–Crippen LogP) is 4.37. The second-order valence-electron chi connectivity index (χ2n) is 4.88. The van der Waals surface area contributed by atoms with Gasteiger partial charge in [0.15, 0.2) is 0 Å². The number of nitrogens with one attached hydrogen (secondary N) is 1. The molecule has 0 aliphatic rings. The molecule has 1 N–H and O–H groups in total. The Morgan fingerprint density at radius 3 is 2.60 bits per heavy atom. The van der Waals surface area contributed by atoms with Gasteiger partial charge in [-0.3, -0.25) is 0 Å². The van der Waals surface area contributed by atoms with E-state index in [1.165, 1.54) is 24.3 Å². The van der Waals surface area contributed by atoms with Crippen molar-refractivity contribution in [3.63, 3.8) is 0 Å². The number of alkyl halides is 2. The maximum atomic E-state index is 13.7. The van der Waals surface area contributed by atoms with Crippen molar-refractivity contribution < 1.29 is 27.4 Å². The van der Waals surface area contributed by atoms with Crippen molar-refractivity contribution in [2.45, 2.75) is 13.2 Å². The number of rotatable bonds is 7. The van der Waals surface area contributed by atoms with Gasteiger partial charge in [0.05, 0.1) is 5.56 Å². The third kappa shape index (κ3) is 6.21. The van der Waals surface area contributed by atoms with Crippen molar-refractivity contribution in [1.29, 1.82) is 0 Å². The molecule has 0 fully saturated rings. The van der Waals surface area contributed by atoms with E-state index in [9.17, 15) is 18.0 Å². The zero-order valence-corrected chi connectivity index (χ0v) is 13.1. The Kier molecular flexibility index (Phi) is 6.88. The maximum absolute atomic E-state index is 13.7. The Morgan fingerprint density at radius 1 is 1.12 bits per heavy atom. The first-order valence-electron chi connectivity index (χ1n) is 7.40. The number of hydrogen-bond donors (Lipinski definition) is 1. The SMILES string of the molecule is O=C(NCC=Cc1c(F)cccc1OC(F)F)OCc1ccccc1. The zero-order chi connectivity index (χ0) is 18.1. The molecule has 132 valence electrons. The molecule has 0 aliphatic carbocycles. The molecule has 0 spiro atoms. The fourth-order valence-corrected chi connectivity index (χ4v) is 1.97. The lowest BCUT2D eigenvalue weighted by molar-refractivity contribution is -0.0501. The van der Waals surface area contributed by atoms with Crippen LogP contribution in [-0.2, 0) is 11.3 Å². The van der Waals surface area contributed by atoms with Gasteiger partial charge in [-0.2, -0.15) is 8.78 Å². The summed E-state index contributed by atoms with van der Waals surface area (Å²) in [7, 11) is 0. The fourth-order valence-electron chi connectivity index (χ4n) is 1.97. The lowest BCUT2D eigenvalue weighted by Crippen LogP contribution is -2.24. The summed E-state index contributed by atoms with van der Waals surface area (Å²) in [5.74, 6) is -0.987. The van der Waals surface area contributed by atoms with Crippen molar-refractivity contribution in [3.05, 3.63) is 71.6 Å². The predicted molar refractivity (Wildman–Crippen MR) is 86.7 cm³/mol. The molecule has 0 unspecified atom stereocenters. The minimum Gasteiger partial charge on any atom is -0.445 e. The number of ether oxygens (including phenoxy) is 2. The molecule has 0 aliphatic heterocycles. The molecule has 4 nitrogen and oxygen atoms in total. The van der Waals surface area contributed by atoms with Gasteiger partial charge in [0.1, 0.15) is 18.2 Å². The van der Waals surface area contributed by atoms with Crippen LogP contribution < -0.4 is 10.1 Å². The molecule has 0 saturated heterocycles. The second kappa shape index (κ2) is 9.36. The van der Waals surface area contributed by atoms with E-state index in [-0.39, 0.29) is 24.5 Å². The molecule has 1 amide bonds. The van der Waals surface area contributed by atoms with Crippen LogP contribution in [0.2, 0.25) is 0 Å². The van der Waals surface area contributed by atoms with Crippen molar-refractivity contribution in [1.82, 2.24) is 5.32 Å². The van der Waals surface area contributed by atoms with Gasteiger partial charge < -0.3 is 14.8 Å². The van der Waals surface area contributed by atoms with Crippen LogP contribution >= 0.6 is 0 Å². The summed E-state index contributed by atoms with van der Waals surface area (Å²) >= 11 is 0. The van der Waals surface area contributed by atoms with Crippen molar-refractivity contribution in [2.24, 2.45) is 0 Å². The summed E-state index contributed by atoms with van der Waals surface area (Å²) in [5.41, 5.74) is 0.718. The highest BCUT2D eigenvalue weighted by Crippen LogP contribution is 2.24. The van der Waals surface area contributed by atoms with E-state index in [1.807, 2.05) is 30.3 Å². The molecule has 0 atom stereocenters. The number of halogens is 3. The number of carbonyl (C=O) groups is 1. The molecule has 0 aromatic heterocycles. The number of hydrogen-bond acceptors (Lipinski definition) is 3. The van der Waals surface area contributed by atoms with E-state index in [4.69, 9.17) is 4.74 Å². The summed E-state index contributed by atoms with van der Waals surface area (Å²) in [6, 6.07) is 12.8. The van der Waals surface area contributed by atoms with Gasteiger partial charge in [0, 0.05) is 6.54 Å². The monoisotopic (exact) mass is 351 g/mol. The summed E-state index contributed by atoms with van der Waals surface area (Å²) < 4.78 is 47.6. The maximum Gasteiger partial charge on any atom is 0.407 e. The molecule has 7 heteroatoms. The van der Waals surface area contributed by atoms with Crippen LogP contribution in [0.1, 0.15) is 11.1 Å². The first kappa shape index (κ1) is 18.4. The topological polar surface area (TPSA) is 47.6 Å². The van der Waals surface area contributed by atoms with Crippen LogP contribution in [0, 0.1) is 5.82 Å². The molecule has 2 aromatic carbocycles. The summed E-state index contributed by atoms with van der Waals surface area (Å²) in [6.45, 7) is -2.90. The first-order chi connectivity index (χ1) is 12.1. The second-order valence-corrected chi connectivity index (χ2v) is 4.88. The first-order valence-corrected chi connectivity index (χ1v) is 7.40. The van der Waals surface area contributed by atoms with E-state index in [0.717, 1.165) is 11.6 Å². The smallest absolute Gasteiger partial charge is 0.407 e. The van der Waals surface area contributed by atoms with Gasteiger partial charge in [-0.25, -0.2) is 9.18 Å². The van der Waals surface area contributed by atoms with Crippen molar-refractivity contribution >= 4 is 12.2 Å². The summed E-state index contributed by atoms with van der Waals surface area (Å²) in [6.07, 6.45) is 2.01. The molecule has 0 saturated carbocycles. The van der Waals surface area contributed by atoms with Crippen LogP contribution in [-0.4, -0.2) is 19.2 Å². The van der Waals surface area contributed by atoms with Crippen LogP contribution in [0.5, 0.6) is 5.75 Å². The Bertz CT molecular complexity index is 721. The Balaban J connectivity index is 1.84. The molecule has 25 heavy (non-hydrogen) atoms. The molecule has 0 bridgehead atoms. The van der Waals surface area contributed by atoms with E-state index < -0.39 is 18.5 Å². The minimum absolute atomic E-state index is 0.0378. The molecule has 0 radical (unpaired) electrons.